The van der Waals surface area contributed by atoms with E-state index in [2.05, 4.69) is 23.2 Å². The van der Waals surface area contributed by atoms with Crippen LogP contribution in [-0.2, 0) is 0 Å². The Hall–Kier alpha value is -1.19. The summed E-state index contributed by atoms with van der Waals surface area (Å²) in [6.45, 7) is 9.15. The molecule has 1 fully saturated rings. The van der Waals surface area contributed by atoms with Gasteiger partial charge in [0.1, 0.15) is 0 Å². The normalized spacial score (nSPS) is 16.8. The highest BCUT2D eigenvalue weighted by Gasteiger charge is 2.13. The first-order valence-corrected chi connectivity index (χ1v) is 6.70. The average Bonchev–Trinajstić information content (AvgIpc) is 2.37. The van der Waals surface area contributed by atoms with Crippen LogP contribution < -0.4 is 5.32 Å². The van der Waals surface area contributed by atoms with Crippen LogP contribution in [0.4, 0.5) is 0 Å². The van der Waals surface area contributed by atoms with E-state index < -0.39 is 0 Å². The lowest BCUT2D eigenvalue weighted by Gasteiger charge is -2.26. The summed E-state index contributed by atoms with van der Waals surface area (Å²) in [5.74, 6) is 0.269. The van der Waals surface area contributed by atoms with Gasteiger partial charge >= 0.3 is 0 Å². The molecule has 0 saturated carbocycles. The van der Waals surface area contributed by atoms with Crippen molar-refractivity contribution in [3.63, 3.8) is 0 Å². The number of nitrogens with one attached hydrogen (secondary N) is 1. The Morgan fingerprint density at radius 3 is 2.67 bits per heavy atom. The van der Waals surface area contributed by atoms with Gasteiger partial charge in [0.2, 0.25) is 0 Å². The van der Waals surface area contributed by atoms with Gasteiger partial charge in [-0.25, -0.2) is 0 Å². The summed E-state index contributed by atoms with van der Waals surface area (Å²) in [5.41, 5.74) is 3.20. The van der Waals surface area contributed by atoms with Crippen molar-refractivity contribution in [2.45, 2.75) is 20.3 Å². The largest absolute Gasteiger partial charge is 0.314 e. The quantitative estimate of drug-likeness (QED) is 0.822. The molecule has 98 valence electrons. The molecule has 3 heteroatoms. The molecule has 0 amide bonds. The predicted octanol–water partition coefficient (Wildman–Crippen LogP) is 1.78. The summed E-state index contributed by atoms with van der Waals surface area (Å²) in [6.07, 6.45) is 0.629. The minimum absolute atomic E-state index is 0.269. The van der Waals surface area contributed by atoms with Crippen LogP contribution in [0.5, 0.6) is 0 Å². The van der Waals surface area contributed by atoms with Crippen LogP contribution in [0.1, 0.15) is 27.9 Å². The van der Waals surface area contributed by atoms with Crippen molar-refractivity contribution in [1.29, 1.82) is 0 Å². The lowest BCUT2D eigenvalue weighted by Crippen LogP contribution is -2.44. The maximum absolute atomic E-state index is 12.2. The third-order valence-electron chi connectivity index (χ3n) is 3.55. The molecule has 0 radical (unpaired) electrons. The molecule has 1 saturated heterocycles. The van der Waals surface area contributed by atoms with Crippen molar-refractivity contribution < 1.29 is 4.79 Å². The summed E-state index contributed by atoms with van der Waals surface area (Å²) < 4.78 is 0. The molecular weight excluding hydrogens is 224 g/mol. The molecule has 0 spiro atoms. The van der Waals surface area contributed by atoms with Crippen molar-refractivity contribution >= 4 is 5.78 Å². The lowest BCUT2D eigenvalue weighted by atomic mass is 10.0. The number of rotatable bonds is 4. The molecule has 0 aromatic heterocycles. The van der Waals surface area contributed by atoms with Gasteiger partial charge in [-0.15, -0.1) is 0 Å². The molecule has 2 rings (SSSR count). The Morgan fingerprint density at radius 1 is 1.28 bits per heavy atom. The number of piperazine rings is 1. The Bertz CT molecular complexity index is 423. The zero-order valence-electron chi connectivity index (χ0n) is 11.3. The fourth-order valence-electron chi connectivity index (χ4n) is 2.46. The fraction of sp³-hybridized carbons (Fsp3) is 0.533. The molecule has 0 unspecified atom stereocenters. The van der Waals surface area contributed by atoms with Gasteiger partial charge in [0.25, 0.3) is 0 Å². The van der Waals surface area contributed by atoms with Crippen molar-refractivity contribution in [2.75, 3.05) is 32.7 Å². The molecule has 1 aliphatic heterocycles. The van der Waals surface area contributed by atoms with Gasteiger partial charge in [0.15, 0.2) is 5.78 Å². The summed E-state index contributed by atoms with van der Waals surface area (Å²) in [6, 6.07) is 6.06. The van der Waals surface area contributed by atoms with Crippen LogP contribution >= 0.6 is 0 Å². The highest BCUT2D eigenvalue weighted by Crippen LogP contribution is 2.13. The number of Topliss-reactive ketones (excluding diaryl/α,β-unsaturated/α-hetero) is 1. The van der Waals surface area contributed by atoms with E-state index in [1.165, 1.54) is 5.56 Å². The molecule has 1 aromatic rings. The van der Waals surface area contributed by atoms with E-state index in [1.807, 2.05) is 19.1 Å². The molecule has 0 aliphatic carbocycles. The van der Waals surface area contributed by atoms with Gasteiger partial charge in [-0.2, -0.15) is 0 Å². The smallest absolute Gasteiger partial charge is 0.164 e. The van der Waals surface area contributed by atoms with Gasteiger partial charge in [-0.1, -0.05) is 23.8 Å². The van der Waals surface area contributed by atoms with Crippen LogP contribution in [0.25, 0.3) is 0 Å². The number of hydrogen-bond acceptors (Lipinski definition) is 3. The number of carbonyl (C=O) groups is 1. The second-order valence-electron chi connectivity index (χ2n) is 5.08. The van der Waals surface area contributed by atoms with E-state index in [0.717, 1.165) is 43.9 Å². The molecule has 0 bridgehead atoms. The number of carbonyl (C=O) groups excluding carboxylic acids is 1. The predicted molar refractivity (Wildman–Crippen MR) is 74.2 cm³/mol. The number of aryl methyl sites for hydroxylation is 2. The summed E-state index contributed by atoms with van der Waals surface area (Å²) in [4.78, 5) is 14.5. The van der Waals surface area contributed by atoms with Crippen LogP contribution in [0, 0.1) is 13.8 Å². The molecule has 1 heterocycles. The molecule has 0 atom stereocenters. The Kier molecular flexibility index (Phi) is 4.50. The van der Waals surface area contributed by atoms with Crippen molar-refractivity contribution in [1.82, 2.24) is 10.2 Å². The van der Waals surface area contributed by atoms with Gasteiger partial charge in [0.05, 0.1) is 0 Å². The minimum atomic E-state index is 0.269. The zero-order chi connectivity index (χ0) is 13.0. The van der Waals surface area contributed by atoms with Crippen LogP contribution in [0.3, 0.4) is 0 Å². The van der Waals surface area contributed by atoms with Crippen LogP contribution in [0.15, 0.2) is 18.2 Å². The maximum Gasteiger partial charge on any atom is 0.164 e. The van der Waals surface area contributed by atoms with Crippen LogP contribution in [-0.4, -0.2) is 43.4 Å². The standard InChI is InChI=1S/C15H22N2O/c1-12-3-4-14(13(2)11-12)15(18)5-8-17-9-6-16-7-10-17/h3-4,11,16H,5-10H2,1-2H3. The SMILES string of the molecule is Cc1ccc(C(=O)CCN2CCNCC2)c(C)c1. The van der Waals surface area contributed by atoms with Gasteiger partial charge in [-0.05, 0) is 19.4 Å². The molecular formula is C15H22N2O. The van der Waals surface area contributed by atoms with E-state index >= 15 is 0 Å². The lowest BCUT2D eigenvalue weighted by molar-refractivity contribution is 0.0960. The highest BCUT2D eigenvalue weighted by atomic mass is 16.1. The molecule has 3 nitrogen and oxygen atoms in total. The van der Waals surface area contributed by atoms with Gasteiger partial charge in [-0.3, -0.25) is 4.79 Å². The average molecular weight is 246 g/mol. The Morgan fingerprint density at radius 2 is 2.00 bits per heavy atom. The number of hydrogen-bond donors (Lipinski definition) is 1. The van der Waals surface area contributed by atoms with E-state index in [1.54, 1.807) is 0 Å². The third-order valence-corrected chi connectivity index (χ3v) is 3.55. The van der Waals surface area contributed by atoms with E-state index in [-0.39, 0.29) is 5.78 Å². The summed E-state index contributed by atoms with van der Waals surface area (Å²) in [7, 11) is 0. The monoisotopic (exact) mass is 246 g/mol. The van der Waals surface area contributed by atoms with Gasteiger partial charge < -0.3 is 10.2 Å². The minimum Gasteiger partial charge on any atom is -0.314 e. The summed E-state index contributed by atoms with van der Waals surface area (Å²) in [5, 5.41) is 3.32. The van der Waals surface area contributed by atoms with Gasteiger partial charge in [0, 0.05) is 44.7 Å². The van der Waals surface area contributed by atoms with E-state index in [4.69, 9.17) is 0 Å². The summed E-state index contributed by atoms with van der Waals surface area (Å²) >= 11 is 0. The topological polar surface area (TPSA) is 32.3 Å². The number of nitrogens with zero attached hydrogens (tertiary/aromatic N) is 1. The highest BCUT2D eigenvalue weighted by molar-refractivity contribution is 5.97. The second kappa shape index (κ2) is 6.12. The fourth-order valence-corrected chi connectivity index (χ4v) is 2.46. The molecule has 1 aromatic carbocycles. The van der Waals surface area contributed by atoms with Crippen molar-refractivity contribution in [3.05, 3.63) is 34.9 Å². The van der Waals surface area contributed by atoms with Crippen molar-refractivity contribution in [3.8, 4) is 0 Å². The van der Waals surface area contributed by atoms with Crippen molar-refractivity contribution in [2.24, 2.45) is 0 Å². The molecule has 1 N–H and O–H groups in total. The molecule has 18 heavy (non-hydrogen) atoms. The first-order chi connectivity index (χ1) is 8.66. The Labute approximate surface area is 109 Å². The zero-order valence-corrected chi connectivity index (χ0v) is 11.3. The van der Waals surface area contributed by atoms with Crippen LogP contribution in [0.2, 0.25) is 0 Å². The van der Waals surface area contributed by atoms with E-state index in [0.29, 0.717) is 6.42 Å². The third kappa shape index (κ3) is 3.40. The maximum atomic E-state index is 12.2. The number of benzene rings is 1. The first kappa shape index (κ1) is 13.2. The second-order valence-corrected chi connectivity index (χ2v) is 5.08. The molecule has 1 aliphatic rings. The van der Waals surface area contributed by atoms with E-state index in [9.17, 15) is 4.79 Å². The first-order valence-electron chi connectivity index (χ1n) is 6.70. The number of ketones is 1. The Balaban J connectivity index is 1.90.